The Kier molecular flexibility index (Phi) is 2.37. The Balaban J connectivity index is 1.77. The molecule has 0 spiro atoms. The van der Waals surface area contributed by atoms with Gasteiger partial charge in [-0.2, -0.15) is 0 Å². The van der Waals surface area contributed by atoms with Gasteiger partial charge in [0, 0.05) is 9.75 Å². The highest BCUT2D eigenvalue weighted by molar-refractivity contribution is 7.12. The number of aliphatic hydroxyl groups is 1. The second kappa shape index (κ2) is 3.60. The quantitative estimate of drug-likeness (QED) is 0.811. The van der Waals surface area contributed by atoms with Gasteiger partial charge in [0.05, 0.1) is 6.10 Å². The van der Waals surface area contributed by atoms with Crippen molar-refractivity contribution in [3.05, 3.63) is 21.9 Å². The smallest absolute Gasteiger partial charge is 0.0912 e. The average molecular weight is 222 g/mol. The second-order valence-corrected chi connectivity index (χ2v) is 6.55. The third-order valence-corrected chi connectivity index (χ3v) is 5.32. The van der Waals surface area contributed by atoms with Crippen LogP contribution in [-0.4, -0.2) is 5.11 Å². The largest absolute Gasteiger partial charge is 0.387 e. The van der Waals surface area contributed by atoms with Gasteiger partial charge in [-0.3, -0.25) is 0 Å². The number of aliphatic hydroxyl groups excluding tert-OH is 1. The third kappa shape index (κ3) is 1.64. The van der Waals surface area contributed by atoms with E-state index in [9.17, 15) is 5.11 Å². The van der Waals surface area contributed by atoms with Gasteiger partial charge in [-0.25, -0.2) is 0 Å². The SMILES string of the molecule is Cc1ccc(C(O)C2CC3CCC2C3)s1. The summed E-state index contributed by atoms with van der Waals surface area (Å²) in [5, 5.41) is 10.4. The molecule has 1 aromatic heterocycles. The molecule has 1 heterocycles. The van der Waals surface area contributed by atoms with Crippen molar-refractivity contribution in [2.24, 2.45) is 17.8 Å². The van der Waals surface area contributed by atoms with E-state index in [4.69, 9.17) is 0 Å². The zero-order chi connectivity index (χ0) is 10.4. The molecule has 2 fully saturated rings. The van der Waals surface area contributed by atoms with Crippen LogP contribution in [0.15, 0.2) is 12.1 Å². The lowest BCUT2D eigenvalue weighted by Crippen LogP contribution is -2.18. The van der Waals surface area contributed by atoms with Crippen molar-refractivity contribution in [1.29, 1.82) is 0 Å². The Bertz CT molecular complexity index is 357. The zero-order valence-electron chi connectivity index (χ0n) is 9.15. The van der Waals surface area contributed by atoms with E-state index in [-0.39, 0.29) is 6.10 Å². The first-order valence-electron chi connectivity index (χ1n) is 5.98. The predicted octanol–water partition coefficient (Wildman–Crippen LogP) is 3.53. The molecule has 2 heteroatoms. The van der Waals surface area contributed by atoms with E-state index in [1.54, 1.807) is 11.3 Å². The minimum absolute atomic E-state index is 0.181. The van der Waals surface area contributed by atoms with Crippen molar-refractivity contribution in [1.82, 2.24) is 0 Å². The Morgan fingerprint density at radius 1 is 1.33 bits per heavy atom. The number of hydrogen-bond donors (Lipinski definition) is 1. The fourth-order valence-electron chi connectivity index (χ4n) is 3.50. The van der Waals surface area contributed by atoms with Crippen LogP contribution in [-0.2, 0) is 0 Å². The molecule has 82 valence electrons. The van der Waals surface area contributed by atoms with E-state index in [0.717, 1.165) is 11.8 Å². The van der Waals surface area contributed by atoms with E-state index in [1.807, 2.05) is 0 Å². The van der Waals surface area contributed by atoms with Gasteiger partial charge >= 0.3 is 0 Å². The van der Waals surface area contributed by atoms with Crippen molar-refractivity contribution >= 4 is 11.3 Å². The molecule has 2 aliphatic rings. The molecule has 0 aliphatic heterocycles. The molecular formula is C13H18OS. The van der Waals surface area contributed by atoms with E-state index in [2.05, 4.69) is 19.1 Å². The van der Waals surface area contributed by atoms with Crippen LogP contribution >= 0.6 is 11.3 Å². The molecule has 3 rings (SSSR count). The monoisotopic (exact) mass is 222 g/mol. The maximum Gasteiger partial charge on any atom is 0.0912 e. The van der Waals surface area contributed by atoms with Gasteiger partial charge in [-0.15, -0.1) is 11.3 Å². The molecule has 2 aliphatic carbocycles. The highest BCUT2D eigenvalue weighted by Crippen LogP contribution is 2.53. The Morgan fingerprint density at radius 2 is 2.20 bits per heavy atom. The van der Waals surface area contributed by atoms with Crippen LogP contribution in [0.2, 0.25) is 0 Å². The lowest BCUT2D eigenvalue weighted by Gasteiger charge is -2.26. The summed E-state index contributed by atoms with van der Waals surface area (Å²) in [5.41, 5.74) is 0. The highest BCUT2D eigenvalue weighted by atomic mass is 32.1. The van der Waals surface area contributed by atoms with Crippen LogP contribution in [0.25, 0.3) is 0 Å². The Hall–Kier alpha value is -0.340. The Labute approximate surface area is 95.1 Å². The van der Waals surface area contributed by atoms with Gasteiger partial charge in [0.2, 0.25) is 0 Å². The number of thiophene rings is 1. The molecule has 0 saturated heterocycles. The molecule has 4 atom stereocenters. The minimum atomic E-state index is -0.181. The summed E-state index contributed by atoms with van der Waals surface area (Å²) in [7, 11) is 0. The van der Waals surface area contributed by atoms with E-state index >= 15 is 0 Å². The first-order chi connectivity index (χ1) is 7.24. The zero-order valence-corrected chi connectivity index (χ0v) is 9.96. The van der Waals surface area contributed by atoms with Gasteiger partial charge in [0.1, 0.15) is 0 Å². The molecular weight excluding hydrogens is 204 g/mol. The minimum Gasteiger partial charge on any atom is -0.387 e. The van der Waals surface area contributed by atoms with Crippen LogP contribution in [0.4, 0.5) is 0 Å². The van der Waals surface area contributed by atoms with Crippen molar-refractivity contribution in [3.63, 3.8) is 0 Å². The molecule has 0 amide bonds. The van der Waals surface area contributed by atoms with Gasteiger partial charge in [-0.05, 0) is 56.1 Å². The Morgan fingerprint density at radius 3 is 2.73 bits per heavy atom. The average Bonchev–Trinajstić information content (AvgIpc) is 2.90. The summed E-state index contributed by atoms with van der Waals surface area (Å²) < 4.78 is 0. The summed E-state index contributed by atoms with van der Waals surface area (Å²) in [4.78, 5) is 2.50. The molecule has 2 saturated carbocycles. The summed E-state index contributed by atoms with van der Waals surface area (Å²) in [6, 6.07) is 4.23. The molecule has 0 aromatic carbocycles. The fourth-order valence-corrected chi connectivity index (χ4v) is 4.44. The number of fused-ring (bicyclic) bond motifs is 2. The van der Waals surface area contributed by atoms with Crippen molar-refractivity contribution in [2.45, 2.75) is 38.7 Å². The molecule has 0 radical (unpaired) electrons. The maximum absolute atomic E-state index is 10.4. The standard InChI is InChI=1S/C13H18OS/c1-8-2-5-12(15-8)13(14)11-7-9-3-4-10(11)6-9/h2,5,9-11,13-14H,3-4,6-7H2,1H3. The predicted molar refractivity (Wildman–Crippen MR) is 63.0 cm³/mol. The molecule has 1 nitrogen and oxygen atoms in total. The topological polar surface area (TPSA) is 20.2 Å². The highest BCUT2D eigenvalue weighted by Gasteiger charge is 2.43. The van der Waals surface area contributed by atoms with Gasteiger partial charge in [-0.1, -0.05) is 6.42 Å². The molecule has 2 bridgehead atoms. The summed E-state index contributed by atoms with van der Waals surface area (Å²) in [6.45, 7) is 2.11. The first-order valence-corrected chi connectivity index (χ1v) is 6.80. The van der Waals surface area contributed by atoms with Crippen LogP contribution in [0.1, 0.15) is 41.5 Å². The molecule has 1 N–H and O–H groups in total. The van der Waals surface area contributed by atoms with Crippen LogP contribution < -0.4 is 0 Å². The summed E-state index contributed by atoms with van der Waals surface area (Å²) in [6.07, 6.45) is 5.24. The van der Waals surface area contributed by atoms with Crippen LogP contribution in [0.3, 0.4) is 0 Å². The normalized spacial score (nSPS) is 36.0. The van der Waals surface area contributed by atoms with E-state index in [0.29, 0.717) is 5.92 Å². The number of hydrogen-bond acceptors (Lipinski definition) is 2. The summed E-state index contributed by atoms with van der Waals surface area (Å²) in [5.74, 6) is 2.30. The van der Waals surface area contributed by atoms with Gasteiger partial charge in [0.25, 0.3) is 0 Å². The first kappa shape index (κ1) is 9.86. The molecule has 4 unspecified atom stereocenters. The van der Waals surface area contributed by atoms with Gasteiger partial charge in [0.15, 0.2) is 0 Å². The van der Waals surface area contributed by atoms with Crippen molar-refractivity contribution in [2.75, 3.05) is 0 Å². The van der Waals surface area contributed by atoms with Crippen molar-refractivity contribution in [3.8, 4) is 0 Å². The van der Waals surface area contributed by atoms with Gasteiger partial charge < -0.3 is 5.11 Å². The number of rotatable bonds is 2. The second-order valence-electron chi connectivity index (χ2n) is 5.23. The van der Waals surface area contributed by atoms with Crippen LogP contribution in [0.5, 0.6) is 0 Å². The molecule has 1 aromatic rings. The lowest BCUT2D eigenvalue weighted by atomic mass is 9.84. The van der Waals surface area contributed by atoms with Crippen molar-refractivity contribution < 1.29 is 5.11 Å². The third-order valence-electron chi connectivity index (χ3n) is 4.25. The number of aryl methyl sites for hydroxylation is 1. The van der Waals surface area contributed by atoms with E-state index < -0.39 is 0 Å². The van der Waals surface area contributed by atoms with Crippen LogP contribution in [0, 0.1) is 24.7 Å². The maximum atomic E-state index is 10.4. The fraction of sp³-hybridized carbons (Fsp3) is 0.692. The summed E-state index contributed by atoms with van der Waals surface area (Å²) >= 11 is 1.76. The van der Waals surface area contributed by atoms with E-state index in [1.165, 1.54) is 35.4 Å². The lowest BCUT2D eigenvalue weighted by molar-refractivity contribution is 0.0775. The molecule has 15 heavy (non-hydrogen) atoms.